The van der Waals surface area contributed by atoms with Crippen LogP contribution in [0.3, 0.4) is 0 Å². The topological polar surface area (TPSA) is 29.3 Å². The highest BCUT2D eigenvalue weighted by molar-refractivity contribution is 4.99. The van der Waals surface area contributed by atoms with E-state index in [2.05, 4.69) is 4.90 Å². The number of nitrogens with zero attached hydrogens (tertiary/aromatic N) is 1. The van der Waals surface area contributed by atoms with E-state index in [-0.39, 0.29) is 0 Å². The fourth-order valence-electron chi connectivity index (χ4n) is 3.04. The number of hydrogen-bond acceptors (Lipinski definition) is 2. The van der Waals surface area contributed by atoms with Gasteiger partial charge in [0, 0.05) is 24.2 Å². The van der Waals surface area contributed by atoms with E-state index in [1.165, 1.54) is 51.4 Å². The van der Waals surface area contributed by atoms with E-state index in [0.717, 1.165) is 18.1 Å². The monoisotopic (exact) mass is 194 g/mol. The second kappa shape index (κ2) is 3.49. The van der Waals surface area contributed by atoms with Gasteiger partial charge in [0.25, 0.3) is 0 Å². The first-order valence-electron chi connectivity index (χ1n) is 6.37. The Hall–Kier alpha value is -0.0800. The molecule has 3 aliphatic carbocycles. The molecule has 0 amide bonds. The largest absolute Gasteiger partial charge is 0.328 e. The van der Waals surface area contributed by atoms with Crippen LogP contribution in [-0.4, -0.2) is 29.1 Å². The van der Waals surface area contributed by atoms with E-state index in [1.54, 1.807) is 0 Å². The average Bonchev–Trinajstić information content (AvgIpc) is 3.00. The summed E-state index contributed by atoms with van der Waals surface area (Å²) < 4.78 is 0. The minimum absolute atomic E-state index is 0.506. The zero-order valence-electron chi connectivity index (χ0n) is 8.99. The number of rotatable bonds is 3. The fraction of sp³-hybridized carbons (Fsp3) is 1.00. The van der Waals surface area contributed by atoms with Gasteiger partial charge in [-0.25, -0.2) is 0 Å². The van der Waals surface area contributed by atoms with Gasteiger partial charge in [-0.05, 0) is 51.4 Å². The zero-order valence-corrected chi connectivity index (χ0v) is 8.99. The van der Waals surface area contributed by atoms with Crippen LogP contribution in [0.5, 0.6) is 0 Å². The fourth-order valence-corrected chi connectivity index (χ4v) is 3.04. The summed E-state index contributed by atoms with van der Waals surface area (Å²) in [6, 6.07) is 3.35. The molecule has 0 heterocycles. The predicted octanol–water partition coefficient (Wildman–Crippen LogP) is 1.88. The van der Waals surface area contributed by atoms with Crippen molar-refractivity contribution in [2.45, 2.75) is 75.5 Å². The van der Waals surface area contributed by atoms with Crippen molar-refractivity contribution < 1.29 is 0 Å². The Kier molecular flexibility index (Phi) is 2.29. The highest BCUT2D eigenvalue weighted by Crippen LogP contribution is 2.41. The highest BCUT2D eigenvalue weighted by atomic mass is 15.3. The van der Waals surface area contributed by atoms with Crippen molar-refractivity contribution in [1.82, 2.24) is 4.90 Å². The molecule has 0 aromatic carbocycles. The molecule has 2 nitrogen and oxygen atoms in total. The van der Waals surface area contributed by atoms with Crippen molar-refractivity contribution >= 4 is 0 Å². The minimum atomic E-state index is 0.506. The van der Waals surface area contributed by atoms with Crippen LogP contribution in [-0.2, 0) is 0 Å². The molecule has 0 aromatic heterocycles. The van der Waals surface area contributed by atoms with Gasteiger partial charge in [-0.3, -0.25) is 4.90 Å². The van der Waals surface area contributed by atoms with Crippen LogP contribution in [0.25, 0.3) is 0 Å². The smallest absolute Gasteiger partial charge is 0.0102 e. The van der Waals surface area contributed by atoms with E-state index in [0.29, 0.717) is 6.04 Å². The van der Waals surface area contributed by atoms with Crippen molar-refractivity contribution in [3.05, 3.63) is 0 Å². The van der Waals surface area contributed by atoms with Crippen LogP contribution in [0.1, 0.15) is 51.4 Å². The minimum Gasteiger partial charge on any atom is -0.328 e. The Bertz CT molecular complexity index is 188. The quantitative estimate of drug-likeness (QED) is 0.743. The van der Waals surface area contributed by atoms with Gasteiger partial charge in [-0.15, -0.1) is 0 Å². The third kappa shape index (κ3) is 1.82. The maximum atomic E-state index is 5.96. The molecule has 2 N–H and O–H groups in total. The van der Waals surface area contributed by atoms with Crippen LogP contribution in [0.2, 0.25) is 0 Å². The predicted molar refractivity (Wildman–Crippen MR) is 58.1 cm³/mol. The van der Waals surface area contributed by atoms with Crippen LogP contribution in [0.4, 0.5) is 0 Å². The molecule has 2 heteroatoms. The SMILES string of the molecule is NC1CCC(N(C2CC2)C2CC2)CC1. The molecular weight excluding hydrogens is 172 g/mol. The third-order valence-electron chi connectivity index (χ3n) is 4.10. The molecule has 3 aliphatic rings. The molecule has 3 fully saturated rings. The average molecular weight is 194 g/mol. The van der Waals surface area contributed by atoms with Crippen LogP contribution in [0.15, 0.2) is 0 Å². The summed E-state index contributed by atoms with van der Waals surface area (Å²) in [6.45, 7) is 0. The summed E-state index contributed by atoms with van der Waals surface area (Å²) in [5, 5.41) is 0. The molecule has 0 aromatic rings. The molecule has 0 unspecified atom stereocenters. The summed E-state index contributed by atoms with van der Waals surface area (Å²) >= 11 is 0. The van der Waals surface area contributed by atoms with E-state index >= 15 is 0 Å². The molecular formula is C12H22N2. The lowest BCUT2D eigenvalue weighted by Crippen LogP contribution is -2.43. The van der Waals surface area contributed by atoms with Gasteiger partial charge in [0.15, 0.2) is 0 Å². The van der Waals surface area contributed by atoms with Gasteiger partial charge in [-0.1, -0.05) is 0 Å². The molecule has 0 radical (unpaired) electrons. The molecule has 0 aliphatic heterocycles. The Labute approximate surface area is 86.8 Å². The molecule has 0 atom stereocenters. The Morgan fingerprint density at radius 3 is 1.36 bits per heavy atom. The first-order chi connectivity index (χ1) is 6.84. The van der Waals surface area contributed by atoms with E-state index in [9.17, 15) is 0 Å². The Balaban J connectivity index is 1.61. The third-order valence-corrected chi connectivity index (χ3v) is 4.10. The second-order valence-corrected chi connectivity index (χ2v) is 5.48. The van der Waals surface area contributed by atoms with E-state index in [1.807, 2.05) is 0 Å². The number of hydrogen-bond donors (Lipinski definition) is 1. The van der Waals surface area contributed by atoms with Crippen LogP contribution >= 0.6 is 0 Å². The second-order valence-electron chi connectivity index (χ2n) is 5.48. The van der Waals surface area contributed by atoms with E-state index in [4.69, 9.17) is 5.73 Å². The highest BCUT2D eigenvalue weighted by Gasteiger charge is 2.43. The summed E-state index contributed by atoms with van der Waals surface area (Å²) in [6.07, 6.45) is 11.2. The van der Waals surface area contributed by atoms with Crippen molar-refractivity contribution in [1.29, 1.82) is 0 Å². The summed E-state index contributed by atoms with van der Waals surface area (Å²) in [5.41, 5.74) is 5.96. The molecule has 0 bridgehead atoms. The lowest BCUT2D eigenvalue weighted by atomic mass is 9.90. The summed E-state index contributed by atoms with van der Waals surface area (Å²) in [7, 11) is 0. The van der Waals surface area contributed by atoms with Gasteiger partial charge in [0.2, 0.25) is 0 Å². The van der Waals surface area contributed by atoms with Crippen molar-refractivity contribution in [3.63, 3.8) is 0 Å². The zero-order chi connectivity index (χ0) is 9.54. The van der Waals surface area contributed by atoms with Crippen molar-refractivity contribution in [2.75, 3.05) is 0 Å². The van der Waals surface area contributed by atoms with Gasteiger partial charge < -0.3 is 5.73 Å². The molecule has 14 heavy (non-hydrogen) atoms. The first kappa shape index (κ1) is 9.17. The standard InChI is InChI=1S/C12H22N2/c13-9-1-3-10(4-2-9)14(11-5-6-11)12-7-8-12/h9-12H,1-8,13H2. The van der Waals surface area contributed by atoms with Crippen molar-refractivity contribution in [2.24, 2.45) is 5.73 Å². The maximum Gasteiger partial charge on any atom is 0.0102 e. The summed E-state index contributed by atoms with van der Waals surface area (Å²) in [4.78, 5) is 2.87. The lowest BCUT2D eigenvalue weighted by Gasteiger charge is -2.36. The summed E-state index contributed by atoms with van der Waals surface area (Å²) in [5.74, 6) is 0. The molecule has 3 rings (SSSR count). The Morgan fingerprint density at radius 1 is 0.643 bits per heavy atom. The maximum absolute atomic E-state index is 5.96. The normalized spacial score (nSPS) is 39.0. The Morgan fingerprint density at radius 2 is 1.00 bits per heavy atom. The van der Waals surface area contributed by atoms with Gasteiger partial charge in [0.05, 0.1) is 0 Å². The number of nitrogens with two attached hydrogens (primary N) is 1. The molecule has 80 valence electrons. The van der Waals surface area contributed by atoms with E-state index < -0.39 is 0 Å². The van der Waals surface area contributed by atoms with Crippen molar-refractivity contribution in [3.8, 4) is 0 Å². The molecule has 3 saturated carbocycles. The van der Waals surface area contributed by atoms with Gasteiger partial charge in [0.1, 0.15) is 0 Å². The molecule has 0 saturated heterocycles. The van der Waals surface area contributed by atoms with Crippen LogP contribution < -0.4 is 5.73 Å². The van der Waals surface area contributed by atoms with Gasteiger partial charge in [-0.2, -0.15) is 0 Å². The lowest BCUT2D eigenvalue weighted by molar-refractivity contribution is 0.132. The first-order valence-corrected chi connectivity index (χ1v) is 6.37. The molecule has 0 spiro atoms. The van der Waals surface area contributed by atoms with Gasteiger partial charge >= 0.3 is 0 Å². The van der Waals surface area contributed by atoms with Crippen LogP contribution in [0, 0.1) is 0 Å².